The van der Waals surface area contributed by atoms with Crippen molar-refractivity contribution in [3.63, 3.8) is 0 Å². The summed E-state index contributed by atoms with van der Waals surface area (Å²) in [5.74, 6) is -1.38. The van der Waals surface area contributed by atoms with Crippen molar-refractivity contribution in [2.24, 2.45) is 0 Å². The van der Waals surface area contributed by atoms with Gasteiger partial charge in [0.05, 0.1) is 11.4 Å². The van der Waals surface area contributed by atoms with E-state index < -0.39 is 11.5 Å². The number of ketones is 1. The lowest BCUT2D eigenvalue weighted by Gasteiger charge is -2.18. The monoisotopic (exact) mass is 292 g/mol. The number of hydrogen-bond acceptors (Lipinski definition) is 7. The van der Waals surface area contributed by atoms with E-state index in [1.807, 2.05) is 0 Å². The van der Waals surface area contributed by atoms with E-state index in [1.165, 1.54) is 20.8 Å². The Morgan fingerprint density at radius 2 is 1.95 bits per heavy atom. The fourth-order valence-corrected chi connectivity index (χ4v) is 2.26. The lowest BCUT2D eigenvalue weighted by molar-refractivity contribution is -0.268. The van der Waals surface area contributed by atoms with Gasteiger partial charge in [-0.1, -0.05) is 11.8 Å². The third-order valence-electron chi connectivity index (χ3n) is 3.14. The van der Waals surface area contributed by atoms with E-state index in [2.05, 4.69) is 5.10 Å². The van der Waals surface area contributed by atoms with E-state index in [1.54, 1.807) is 0 Å². The van der Waals surface area contributed by atoms with Crippen molar-refractivity contribution >= 4 is 11.5 Å². The smallest absolute Gasteiger partial charge is 0.161 e. The second-order valence-corrected chi connectivity index (χ2v) is 4.58. The van der Waals surface area contributed by atoms with Gasteiger partial charge in [0, 0.05) is 5.56 Å². The number of aromatic nitrogens is 2. The first-order valence-electron chi connectivity index (χ1n) is 6.04. The molecule has 21 heavy (non-hydrogen) atoms. The van der Waals surface area contributed by atoms with E-state index in [-0.39, 0.29) is 39.3 Å². The third kappa shape index (κ3) is 2.30. The molecule has 0 radical (unpaired) electrons. The van der Waals surface area contributed by atoms with Gasteiger partial charge in [-0.2, -0.15) is 5.10 Å². The number of aryl methyl sites for hydroxylation is 1. The first kappa shape index (κ1) is 14.8. The number of Topliss-reactive ketones (excluding diaryl/α,β-unsaturated/α-hetero) is 1. The van der Waals surface area contributed by atoms with Crippen molar-refractivity contribution in [1.29, 1.82) is 0 Å². The summed E-state index contributed by atoms with van der Waals surface area (Å²) in [6, 6.07) is 2.25. The van der Waals surface area contributed by atoms with Gasteiger partial charge in [0.2, 0.25) is 0 Å². The van der Waals surface area contributed by atoms with Crippen LogP contribution in [0.1, 0.15) is 28.7 Å². The minimum absolute atomic E-state index is 0.000189. The highest BCUT2D eigenvalue weighted by atomic mass is 16.8. The third-order valence-corrected chi connectivity index (χ3v) is 3.14. The molecule has 0 aliphatic heterocycles. The molecule has 8 nitrogen and oxygen atoms in total. The van der Waals surface area contributed by atoms with Gasteiger partial charge in [-0.15, -0.1) is 5.23 Å². The minimum atomic E-state index is -0.547. The van der Waals surface area contributed by atoms with Crippen LogP contribution < -0.4 is 10.3 Å². The topological polar surface area (TPSA) is 122 Å². The molecule has 0 aliphatic carbocycles. The van der Waals surface area contributed by atoms with Crippen LogP contribution in [0, 0.1) is 13.8 Å². The number of carbonyl (C=O) groups excluding carboxylic acids is 1. The number of rotatable bonds is 3. The molecule has 0 atom stereocenters. The lowest BCUT2D eigenvalue weighted by atomic mass is 10.1. The summed E-state index contributed by atoms with van der Waals surface area (Å²) in [5.41, 5.74) is 0.210. The molecular weight excluding hydrogens is 278 g/mol. The van der Waals surface area contributed by atoms with Crippen molar-refractivity contribution in [2.45, 2.75) is 20.8 Å². The van der Waals surface area contributed by atoms with Crippen LogP contribution >= 0.6 is 0 Å². The maximum Gasteiger partial charge on any atom is 0.161 e. The number of carbonyl (C=O) groups is 1. The molecule has 112 valence electrons. The number of benzene rings is 1. The van der Waals surface area contributed by atoms with E-state index in [0.717, 1.165) is 16.8 Å². The van der Waals surface area contributed by atoms with Crippen LogP contribution in [0.25, 0.3) is 5.69 Å². The maximum absolute atomic E-state index is 11.9. The van der Waals surface area contributed by atoms with Gasteiger partial charge in [-0.25, -0.2) is 4.68 Å². The Morgan fingerprint density at radius 3 is 2.43 bits per heavy atom. The summed E-state index contributed by atoms with van der Waals surface area (Å²) in [5, 5.41) is 44.2. The molecule has 2 rings (SSSR count). The molecule has 1 aromatic carbocycles. The fraction of sp³-hybridized carbons (Fsp3) is 0.231. The molecule has 0 fully saturated rings. The van der Waals surface area contributed by atoms with Crippen molar-refractivity contribution in [2.75, 3.05) is 5.23 Å². The summed E-state index contributed by atoms with van der Waals surface area (Å²) >= 11 is 0. The molecule has 0 unspecified atom stereocenters. The Morgan fingerprint density at radius 1 is 1.33 bits per heavy atom. The molecule has 8 heteroatoms. The second-order valence-electron chi connectivity index (χ2n) is 4.58. The Labute approximate surface area is 120 Å². The number of aromatic hydroxyl groups is 1. The van der Waals surface area contributed by atoms with Gasteiger partial charge in [-0.3, -0.25) is 15.2 Å². The Bertz CT molecular complexity index is 721. The van der Waals surface area contributed by atoms with Crippen LogP contribution in [0.4, 0.5) is 5.69 Å². The number of hydrogen-bond donors (Lipinski definition) is 3. The zero-order valence-electron chi connectivity index (χ0n) is 11.7. The van der Waals surface area contributed by atoms with Gasteiger partial charge < -0.3 is 10.2 Å². The van der Waals surface area contributed by atoms with Crippen LogP contribution in [-0.4, -0.2) is 31.1 Å². The average Bonchev–Trinajstić information content (AvgIpc) is 2.66. The molecule has 0 saturated carbocycles. The molecule has 1 heterocycles. The largest absolute Gasteiger partial charge is 0.872 e. The summed E-state index contributed by atoms with van der Waals surface area (Å²) < 4.78 is 1.14. The number of anilines is 1. The van der Waals surface area contributed by atoms with Gasteiger partial charge in [0.1, 0.15) is 17.1 Å². The molecule has 0 saturated heterocycles. The predicted molar refractivity (Wildman–Crippen MR) is 70.2 cm³/mol. The second kappa shape index (κ2) is 5.08. The van der Waals surface area contributed by atoms with Crippen molar-refractivity contribution < 1.29 is 25.4 Å². The summed E-state index contributed by atoms with van der Waals surface area (Å²) in [6.45, 7) is 4.23. The standard InChI is InChI=1S/C13H15N3O5/c1-6-12(16(20)21)7(2)15(14-6)13-10(19)5-4-9(18)11(13)8(3)17/h4-5,18-21H,1-3H3/p-1. The van der Waals surface area contributed by atoms with Gasteiger partial charge in [-0.05, 0) is 26.8 Å². The Kier molecular flexibility index (Phi) is 3.58. The highest BCUT2D eigenvalue weighted by Gasteiger charge is 2.22. The lowest BCUT2D eigenvalue weighted by Crippen LogP contribution is -2.14. The van der Waals surface area contributed by atoms with Crippen molar-refractivity contribution in [3.05, 3.63) is 29.1 Å². The van der Waals surface area contributed by atoms with Crippen LogP contribution in [0.2, 0.25) is 0 Å². The van der Waals surface area contributed by atoms with E-state index in [4.69, 9.17) is 0 Å². The van der Waals surface area contributed by atoms with E-state index >= 15 is 0 Å². The highest BCUT2D eigenvalue weighted by Crippen LogP contribution is 2.34. The molecule has 0 bridgehead atoms. The molecule has 3 N–H and O–H groups in total. The fourth-order valence-electron chi connectivity index (χ4n) is 2.26. The van der Waals surface area contributed by atoms with Gasteiger partial charge in [0.15, 0.2) is 5.78 Å². The molecule has 0 aliphatic rings. The Balaban J connectivity index is 2.83. The van der Waals surface area contributed by atoms with E-state index in [9.17, 15) is 25.4 Å². The summed E-state index contributed by atoms with van der Waals surface area (Å²) in [4.78, 5) is 11.7. The predicted octanol–water partition coefficient (Wildman–Crippen LogP) is 1.06. The summed E-state index contributed by atoms with van der Waals surface area (Å²) in [7, 11) is 0. The molecule has 0 spiro atoms. The van der Waals surface area contributed by atoms with Crippen LogP contribution in [-0.2, 0) is 0 Å². The highest BCUT2D eigenvalue weighted by molar-refractivity contribution is 6.01. The quantitative estimate of drug-likeness (QED) is 0.571. The number of phenols is 1. The van der Waals surface area contributed by atoms with Crippen LogP contribution in [0.5, 0.6) is 11.5 Å². The zero-order chi connectivity index (χ0) is 15.9. The molecular formula is C13H14N3O5-. The van der Waals surface area contributed by atoms with Crippen LogP contribution in [0.3, 0.4) is 0 Å². The van der Waals surface area contributed by atoms with Crippen molar-refractivity contribution in [3.8, 4) is 17.2 Å². The van der Waals surface area contributed by atoms with Gasteiger partial charge in [0.25, 0.3) is 0 Å². The van der Waals surface area contributed by atoms with Gasteiger partial charge >= 0.3 is 0 Å². The summed E-state index contributed by atoms with van der Waals surface area (Å²) in [6.07, 6.45) is 0. The molecule has 2 aromatic rings. The minimum Gasteiger partial charge on any atom is -0.872 e. The van der Waals surface area contributed by atoms with E-state index in [0.29, 0.717) is 0 Å². The SMILES string of the molecule is CC(=O)c1c([O-])ccc(O)c1-n1nc(C)c(N(O)O)c1C. The maximum atomic E-state index is 11.9. The van der Waals surface area contributed by atoms with Crippen LogP contribution in [0.15, 0.2) is 12.1 Å². The molecule has 0 amide bonds. The Hall–Kier alpha value is -2.58. The number of nitrogens with zero attached hydrogens (tertiary/aromatic N) is 3. The zero-order valence-corrected chi connectivity index (χ0v) is 11.7. The molecule has 1 aromatic heterocycles. The number of phenolic OH excluding ortho intramolecular Hbond substituents is 1. The normalized spacial score (nSPS) is 10.7. The average molecular weight is 292 g/mol. The first-order chi connectivity index (χ1) is 9.75. The van der Waals surface area contributed by atoms with Crippen molar-refractivity contribution in [1.82, 2.24) is 9.78 Å². The first-order valence-corrected chi connectivity index (χ1v) is 6.04.